The van der Waals surface area contributed by atoms with Crippen molar-refractivity contribution in [1.29, 1.82) is 0 Å². The maximum Gasteiger partial charge on any atom is 0.322 e. The van der Waals surface area contributed by atoms with Gasteiger partial charge in [0.1, 0.15) is 0 Å². The standard InChI is InChI=1S/C27H38N4O2/c1-6-11-31-23-17-30(14-9-13-29-12-8-7-10-21(29)5)26(32)24(23)25(28-27(31)33)22-16-19(3)18(2)15-20(22)4/h6,15-16,21,25H,1,7-14,17H2,2-5H3,(H,28,33). The number of rotatable bonds is 7. The maximum atomic E-state index is 13.6. The van der Waals surface area contributed by atoms with Crippen LogP contribution in [0.3, 0.4) is 0 Å². The van der Waals surface area contributed by atoms with Crippen LogP contribution in [0.5, 0.6) is 0 Å². The fourth-order valence-electron chi connectivity index (χ4n) is 5.53. The first kappa shape index (κ1) is 23.6. The molecule has 3 amide bonds. The number of carbonyl (C=O) groups excluding carboxylic acids is 2. The van der Waals surface area contributed by atoms with Crippen LogP contribution in [0.1, 0.15) is 60.9 Å². The smallest absolute Gasteiger partial charge is 0.322 e. The number of carbonyl (C=O) groups is 2. The van der Waals surface area contributed by atoms with Crippen molar-refractivity contribution >= 4 is 11.9 Å². The highest BCUT2D eigenvalue weighted by Gasteiger charge is 2.44. The third-order valence-corrected chi connectivity index (χ3v) is 7.62. The molecular weight excluding hydrogens is 412 g/mol. The fraction of sp³-hybridized carbons (Fsp3) is 0.556. The first-order valence-electron chi connectivity index (χ1n) is 12.3. The number of amides is 3. The highest BCUT2D eigenvalue weighted by molar-refractivity contribution is 6.01. The second-order valence-corrected chi connectivity index (χ2v) is 9.90. The number of urea groups is 1. The summed E-state index contributed by atoms with van der Waals surface area (Å²) in [6.07, 6.45) is 6.52. The van der Waals surface area contributed by atoms with Gasteiger partial charge in [-0.05, 0) is 75.8 Å². The van der Waals surface area contributed by atoms with Gasteiger partial charge in [-0.1, -0.05) is 24.6 Å². The highest BCUT2D eigenvalue weighted by atomic mass is 16.2. The molecule has 1 fully saturated rings. The number of hydrogen-bond acceptors (Lipinski definition) is 3. The van der Waals surface area contributed by atoms with Crippen molar-refractivity contribution in [2.75, 3.05) is 32.7 Å². The van der Waals surface area contributed by atoms with Gasteiger partial charge in [-0.3, -0.25) is 9.69 Å². The van der Waals surface area contributed by atoms with Gasteiger partial charge in [-0.2, -0.15) is 0 Å². The second-order valence-electron chi connectivity index (χ2n) is 9.90. The molecule has 0 saturated carbocycles. The zero-order valence-corrected chi connectivity index (χ0v) is 20.6. The van der Waals surface area contributed by atoms with Crippen LogP contribution in [-0.4, -0.2) is 65.4 Å². The Labute approximate surface area is 198 Å². The molecule has 1 aromatic carbocycles. The molecule has 2 unspecified atom stereocenters. The molecule has 0 spiro atoms. The lowest BCUT2D eigenvalue weighted by atomic mass is 9.90. The van der Waals surface area contributed by atoms with Crippen molar-refractivity contribution in [2.45, 2.75) is 65.5 Å². The Kier molecular flexibility index (Phi) is 6.94. The number of nitrogens with zero attached hydrogens (tertiary/aromatic N) is 3. The average molecular weight is 451 g/mol. The van der Waals surface area contributed by atoms with E-state index in [9.17, 15) is 9.59 Å². The molecule has 1 N–H and O–H groups in total. The van der Waals surface area contributed by atoms with Gasteiger partial charge in [-0.25, -0.2) is 4.79 Å². The van der Waals surface area contributed by atoms with Gasteiger partial charge in [-0.15, -0.1) is 6.58 Å². The largest absolute Gasteiger partial charge is 0.333 e. The van der Waals surface area contributed by atoms with Gasteiger partial charge in [0.15, 0.2) is 0 Å². The van der Waals surface area contributed by atoms with E-state index in [1.165, 1.54) is 30.4 Å². The Morgan fingerprint density at radius 2 is 1.85 bits per heavy atom. The van der Waals surface area contributed by atoms with Crippen LogP contribution >= 0.6 is 0 Å². The Morgan fingerprint density at radius 1 is 1.09 bits per heavy atom. The third-order valence-electron chi connectivity index (χ3n) is 7.62. The number of likely N-dealkylation sites (tertiary alicyclic amines) is 1. The van der Waals surface area contributed by atoms with Gasteiger partial charge < -0.3 is 15.1 Å². The summed E-state index contributed by atoms with van der Waals surface area (Å²) in [6, 6.07) is 4.32. The van der Waals surface area contributed by atoms with Crippen LogP contribution in [-0.2, 0) is 4.79 Å². The van der Waals surface area contributed by atoms with Crippen LogP contribution in [0.15, 0.2) is 36.1 Å². The summed E-state index contributed by atoms with van der Waals surface area (Å²) in [4.78, 5) is 32.8. The normalized spacial score (nSPS) is 23.8. The van der Waals surface area contributed by atoms with E-state index in [-0.39, 0.29) is 11.9 Å². The molecule has 33 heavy (non-hydrogen) atoms. The lowest BCUT2D eigenvalue weighted by molar-refractivity contribution is -0.125. The molecule has 1 saturated heterocycles. The molecule has 0 bridgehead atoms. The molecule has 6 heteroatoms. The van der Waals surface area contributed by atoms with Crippen LogP contribution in [0, 0.1) is 20.8 Å². The lowest BCUT2D eigenvalue weighted by Crippen LogP contribution is -2.47. The van der Waals surface area contributed by atoms with E-state index >= 15 is 0 Å². The molecule has 0 aromatic heterocycles. The molecule has 3 aliphatic rings. The zero-order valence-electron chi connectivity index (χ0n) is 20.6. The second kappa shape index (κ2) is 9.72. The van der Waals surface area contributed by atoms with Gasteiger partial charge >= 0.3 is 6.03 Å². The summed E-state index contributed by atoms with van der Waals surface area (Å²) in [5.41, 5.74) is 6.03. The highest BCUT2D eigenvalue weighted by Crippen LogP contribution is 2.38. The maximum absolute atomic E-state index is 13.6. The van der Waals surface area contributed by atoms with Crippen molar-refractivity contribution in [3.8, 4) is 0 Å². The summed E-state index contributed by atoms with van der Waals surface area (Å²) in [5, 5.41) is 3.12. The Bertz CT molecular complexity index is 983. The molecule has 2 atom stereocenters. The number of benzene rings is 1. The number of piperidine rings is 1. The molecule has 178 valence electrons. The Morgan fingerprint density at radius 3 is 2.58 bits per heavy atom. The molecule has 0 aliphatic carbocycles. The van der Waals surface area contributed by atoms with E-state index in [1.807, 2.05) is 4.90 Å². The van der Waals surface area contributed by atoms with Crippen molar-refractivity contribution in [1.82, 2.24) is 20.0 Å². The van der Waals surface area contributed by atoms with E-state index in [1.54, 1.807) is 11.0 Å². The monoisotopic (exact) mass is 450 g/mol. The van der Waals surface area contributed by atoms with Crippen molar-refractivity contribution in [2.24, 2.45) is 0 Å². The fourth-order valence-corrected chi connectivity index (χ4v) is 5.53. The average Bonchev–Trinajstić information content (AvgIpc) is 3.10. The van der Waals surface area contributed by atoms with Crippen molar-refractivity contribution < 1.29 is 9.59 Å². The van der Waals surface area contributed by atoms with E-state index in [4.69, 9.17) is 0 Å². The summed E-state index contributed by atoms with van der Waals surface area (Å²) < 4.78 is 0. The Hall–Kier alpha value is -2.60. The lowest BCUT2D eigenvalue weighted by Gasteiger charge is -2.33. The van der Waals surface area contributed by atoms with E-state index in [0.717, 1.165) is 36.3 Å². The minimum Gasteiger partial charge on any atom is -0.333 e. The van der Waals surface area contributed by atoms with Crippen molar-refractivity contribution in [3.63, 3.8) is 0 Å². The number of hydrogen-bond donors (Lipinski definition) is 1. The quantitative estimate of drug-likeness (QED) is 0.633. The SMILES string of the molecule is C=CCN1C(=O)NC(c2cc(C)c(C)cc2C)C2=C1CN(CCCN1CCCCC1C)C2=O. The minimum absolute atomic E-state index is 0.0494. The van der Waals surface area contributed by atoms with Crippen LogP contribution in [0.4, 0.5) is 4.79 Å². The van der Waals surface area contributed by atoms with E-state index < -0.39 is 6.04 Å². The molecule has 3 heterocycles. The molecule has 1 aromatic rings. The predicted octanol–water partition coefficient (Wildman–Crippen LogP) is 4.22. The van der Waals surface area contributed by atoms with Crippen LogP contribution < -0.4 is 5.32 Å². The molecule has 3 aliphatic heterocycles. The summed E-state index contributed by atoms with van der Waals surface area (Å²) in [6.45, 7) is 16.1. The van der Waals surface area contributed by atoms with Gasteiger partial charge in [0.25, 0.3) is 5.91 Å². The summed E-state index contributed by atoms with van der Waals surface area (Å²) in [7, 11) is 0. The van der Waals surface area contributed by atoms with E-state index in [0.29, 0.717) is 31.2 Å². The molecular formula is C27H38N4O2. The molecule has 0 radical (unpaired) electrons. The minimum atomic E-state index is -0.410. The van der Waals surface area contributed by atoms with Crippen LogP contribution in [0.25, 0.3) is 0 Å². The van der Waals surface area contributed by atoms with Gasteiger partial charge in [0.2, 0.25) is 0 Å². The summed E-state index contributed by atoms with van der Waals surface area (Å²) in [5.74, 6) is 0.0494. The van der Waals surface area contributed by atoms with Gasteiger partial charge in [0.05, 0.1) is 23.9 Å². The Balaban J connectivity index is 1.57. The van der Waals surface area contributed by atoms with E-state index in [2.05, 4.69) is 56.6 Å². The molecule has 6 nitrogen and oxygen atoms in total. The topological polar surface area (TPSA) is 55.9 Å². The number of aryl methyl sites for hydroxylation is 3. The predicted molar refractivity (Wildman–Crippen MR) is 132 cm³/mol. The first-order chi connectivity index (χ1) is 15.8. The summed E-state index contributed by atoms with van der Waals surface area (Å²) >= 11 is 0. The number of nitrogens with one attached hydrogen (secondary N) is 1. The van der Waals surface area contributed by atoms with Crippen molar-refractivity contribution in [3.05, 3.63) is 58.3 Å². The third kappa shape index (κ3) is 4.58. The zero-order chi connectivity index (χ0) is 23.7. The van der Waals surface area contributed by atoms with Gasteiger partial charge in [0, 0.05) is 25.7 Å². The van der Waals surface area contributed by atoms with Crippen LogP contribution in [0.2, 0.25) is 0 Å². The molecule has 4 rings (SSSR count). The first-order valence-corrected chi connectivity index (χ1v) is 12.3.